The topological polar surface area (TPSA) is 67.4 Å². The minimum atomic E-state index is 0.138. The zero-order chi connectivity index (χ0) is 16.2. The number of hydrogen-bond acceptors (Lipinski definition) is 6. The van der Waals surface area contributed by atoms with E-state index in [4.69, 9.17) is 4.74 Å². The molecule has 0 radical (unpaired) electrons. The standard InChI is InChI=1S/C16H20N4O2S/c1-11-3-4-13(23-11)16(21)20-9-5-12(6-10-20)19-14-15(22-2)18-8-7-17-14/h3-4,7-8,12H,5-6,9-10H2,1-2H3,(H,17,19). The molecule has 2 aromatic heterocycles. The van der Waals surface area contributed by atoms with Crippen LogP contribution in [0, 0.1) is 6.92 Å². The normalized spacial score (nSPS) is 15.5. The number of aromatic nitrogens is 2. The smallest absolute Gasteiger partial charge is 0.263 e. The molecule has 0 bridgehead atoms. The number of thiophene rings is 1. The summed E-state index contributed by atoms with van der Waals surface area (Å²) in [4.78, 5) is 24.8. The Balaban J connectivity index is 1.57. The zero-order valence-electron chi connectivity index (χ0n) is 13.3. The molecule has 0 spiro atoms. The molecule has 0 atom stereocenters. The number of hydrogen-bond donors (Lipinski definition) is 1. The fourth-order valence-electron chi connectivity index (χ4n) is 2.70. The Kier molecular flexibility index (Phi) is 4.76. The van der Waals surface area contributed by atoms with Crippen molar-refractivity contribution in [1.29, 1.82) is 0 Å². The third-order valence-corrected chi connectivity index (χ3v) is 4.92. The third-order valence-electron chi connectivity index (χ3n) is 3.93. The number of rotatable bonds is 4. The summed E-state index contributed by atoms with van der Waals surface area (Å²) in [5.41, 5.74) is 0. The lowest BCUT2D eigenvalue weighted by atomic mass is 10.0. The number of carbonyl (C=O) groups excluding carboxylic acids is 1. The Morgan fingerprint density at radius 1 is 1.30 bits per heavy atom. The van der Waals surface area contributed by atoms with Gasteiger partial charge < -0.3 is 15.0 Å². The van der Waals surface area contributed by atoms with Crippen LogP contribution in [0.5, 0.6) is 5.88 Å². The van der Waals surface area contributed by atoms with Crippen LogP contribution < -0.4 is 10.1 Å². The molecule has 122 valence electrons. The van der Waals surface area contributed by atoms with Gasteiger partial charge in [0.2, 0.25) is 0 Å². The maximum atomic E-state index is 12.5. The largest absolute Gasteiger partial charge is 0.478 e. The van der Waals surface area contributed by atoms with Gasteiger partial charge in [0.15, 0.2) is 5.82 Å². The van der Waals surface area contributed by atoms with Gasteiger partial charge in [-0.3, -0.25) is 4.79 Å². The second-order valence-corrected chi connectivity index (χ2v) is 6.82. The Bertz CT molecular complexity index is 680. The Labute approximate surface area is 139 Å². The summed E-state index contributed by atoms with van der Waals surface area (Å²) in [7, 11) is 1.58. The molecule has 0 aromatic carbocycles. The first-order valence-electron chi connectivity index (χ1n) is 7.64. The van der Waals surface area contributed by atoms with E-state index in [-0.39, 0.29) is 11.9 Å². The highest BCUT2D eigenvalue weighted by atomic mass is 32.1. The molecular formula is C16H20N4O2S. The van der Waals surface area contributed by atoms with E-state index < -0.39 is 0 Å². The number of amides is 1. The first kappa shape index (κ1) is 15.7. The first-order valence-corrected chi connectivity index (χ1v) is 8.46. The molecule has 6 nitrogen and oxygen atoms in total. The summed E-state index contributed by atoms with van der Waals surface area (Å²) in [6.45, 7) is 3.51. The molecular weight excluding hydrogens is 312 g/mol. The van der Waals surface area contributed by atoms with Crippen molar-refractivity contribution in [1.82, 2.24) is 14.9 Å². The van der Waals surface area contributed by atoms with E-state index in [0.717, 1.165) is 30.8 Å². The summed E-state index contributed by atoms with van der Waals surface area (Å²) in [5, 5.41) is 3.37. The molecule has 23 heavy (non-hydrogen) atoms. The van der Waals surface area contributed by atoms with Crippen molar-refractivity contribution < 1.29 is 9.53 Å². The quantitative estimate of drug-likeness (QED) is 0.932. The van der Waals surface area contributed by atoms with Crippen LogP contribution in [0.25, 0.3) is 0 Å². The van der Waals surface area contributed by atoms with Gasteiger partial charge in [-0.05, 0) is 31.9 Å². The maximum Gasteiger partial charge on any atom is 0.263 e. The average molecular weight is 332 g/mol. The molecule has 1 fully saturated rings. The molecule has 0 unspecified atom stereocenters. The Morgan fingerprint density at radius 2 is 2.04 bits per heavy atom. The van der Waals surface area contributed by atoms with Gasteiger partial charge >= 0.3 is 0 Å². The predicted molar refractivity (Wildman–Crippen MR) is 90.2 cm³/mol. The molecule has 2 aromatic rings. The minimum Gasteiger partial charge on any atom is -0.478 e. The van der Waals surface area contributed by atoms with Crippen LogP contribution >= 0.6 is 11.3 Å². The van der Waals surface area contributed by atoms with Gasteiger partial charge in [-0.2, -0.15) is 0 Å². The Morgan fingerprint density at radius 3 is 2.70 bits per heavy atom. The van der Waals surface area contributed by atoms with Crippen LogP contribution in [0.4, 0.5) is 5.82 Å². The molecule has 1 amide bonds. The van der Waals surface area contributed by atoms with Gasteiger partial charge in [-0.15, -0.1) is 11.3 Å². The zero-order valence-corrected chi connectivity index (χ0v) is 14.1. The van der Waals surface area contributed by atoms with Crippen molar-refractivity contribution in [2.75, 3.05) is 25.5 Å². The average Bonchev–Trinajstić information content (AvgIpc) is 3.02. The number of aryl methyl sites for hydroxylation is 1. The molecule has 1 saturated heterocycles. The maximum absolute atomic E-state index is 12.5. The number of nitrogens with one attached hydrogen (secondary N) is 1. The number of nitrogens with zero attached hydrogens (tertiary/aromatic N) is 3. The SMILES string of the molecule is COc1nccnc1NC1CCN(C(=O)c2ccc(C)s2)CC1. The summed E-state index contributed by atoms with van der Waals surface area (Å²) in [6.07, 6.45) is 5.02. The number of ether oxygens (including phenoxy) is 1. The molecule has 7 heteroatoms. The monoisotopic (exact) mass is 332 g/mol. The van der Waals surface area contributed by atoms with E-state index in [1.54, 1.807) is 30.8 Å². The first-order chi connectivity index (χ1) is 11.2. The fraction of sp³-hybridized carbons (Fsp3) is 0.438. The van der Waals surface area contributed by atoms with Gasteiger partial charge in [-0.25, -0.2) is 9.97 Å². The van der Waals surface area contributed by atoms with Crippen LogP contribution in [0.15, 0.2) is 24.5 Å². The van der Waals surface area contributed by atoms with E-state index in [1.165, 1.54) is 4.88 Å². The van der Waals surface area contributed by atoms with Gasteiger partial charge in [0.25, 0.3) is 11.8 Å². The van der Waals surface area contributed by atoms with E-state index in [1.807, 2.05) is 24.0 Å². The van der Waals surface area contributed by atoms with Gasteiger partial charge in [-0.1, -0.05) is 0 Å². The van der Waals surface area contributed by atoms with Crippen molar-refractivity contribution >= 4 is 23.1 Å². The number of anilines is 1. The van der Waals surface area contributed by atoms with E-state index in [0.29, 0.717) is 11.7 Å². The van der Waals surface area contributed by atoms with Gasteiger partial charge in [0.1, 0.15) is 0 Å². The number of piperidine rings is 1. The fourth-order valence-corrected chi connectivity index (χ4v) is 3.53. The molecule has 1 aliphatic rings. The van der Waals surface area contributed by atoms with Crippen molar-refractivity contribution in [2.45, 2.75) is 25.8 Å². The predicted octanol–water partition coefficient (Wildman–Crippen LogP) is 2.57. The summed E-state index contributed by atoms with van der Waals surface area (Å²) in [5.74, 6) is 1.30. The Hall–Kier alpha value is -2.15. The van der Waals surface area contributed by atoms with Crippen molar-refractivity contribution in [3.05, 3.63) is 34.3 Å². The second-order valence-electron chi connectivity index (χ2n) is 5.54. The van der Waals surface area contributed by atoms with E-state index in [2.05, 4.69) is 15.3 Å². The highest BCUT2D eigenvalue weighted by Crippen LogP contribution is 2.23. The summed E-state index contributed by atoms with van der Waals surface area (Å²) >= 11 is 1.56. The van der Waals surface area contributed by atoms with Crippen LogP contribution in [0.1, 0.15) is 27.4 Å². The van der Waals surface area contributed by atoms with Crippen LogP contribution in [-0.2, 0) is 0 Å². The van der Waals surface area contributed by atoms with Crippen LogP contribution in [0.2, 0.25) is 0 Å². The van der Waals surface area contributed by atoms with Crippen molar-refractivity contribution in [2.24, 2.45) is 0 Å². The summed E-state index contributed by atoms with van der Waals surface area (Å²) in [6, 6.07) is 4.18. The number of methoxy groups -OCH3 is 1. The minimum absolute atomic E-state index is 0.138. The van der Waals surface area contributed by atoms with E-state index >= 15 is 0 Å². The van der Waals surface area contributed by atoms with Crippen molar-refractivity contribution in [3.63, 3.8) is 0 Å². The third kappa shape index (κ3) is 3.61. The molecule has 0 aliphatic carbocycles. The van der Waals surface area contributed by atoms with Gasteiger partial charge in [0.05, 0.1) is 12.0 Å². The molecule has 3 rings (SSSR count). The van der Waals surface area contributed by atoms with Crippen LogP contribution in [0.3, 0.4) is 0 Å². The van der Waals surface area contributed by atoms with Gasteiger partial charge in [0, 0.05) is 36.4 Å². The highest BCUT2D eigenvalue weighted by molar-refractivity contribution is 7.13. The molecule has 3 heterocycles. The lowest BCUT2D eigenvalue weighted by Crippen LogP contribution is -2.42. The highest BCUT2D eigenvalue weighted by Gasteiger charge is 2.25. The second kappa shape index (κ2) is 6.95. The van der Waals surface area contributed by atoms with Crippen molar-refractivity contribution in [3.8, 4) is 5.88 Å². The number of carbonyl (C=O) groups is 1. The van der Waals surface area contributed by atoms with Crippen LogP contribution in [-0.4, -0.2) is 47.0 Å². The lowest BCUT2D eigenvalue weighted by Gasteiger charge is -2.32. The molecule has 0 saturated carbocycles. The summed E-state index contributed by atoms with van der Waals surface area (Å²) < 4.78 is 5.21. The van der Waals surface area contributed by atoms with E-state index in [9.17, 15) is 4.79 Å². The molecule has 1 aliphatic heterocycles. The molecule has 1 N–H and O–H groups in total. The lowest BCUT2D eigenvalue weighted by molar-refractivity contribution is 0.0723. The number of likely N-dealkylation sites (tertiary alicyclic amines) is 1.